The summed E-state index contributed by atoms with van der Waals surface area (Å²) in [6.07, 6.45) is 0. The van der Waals surface area contributed by atoms with Gasteiger partial charge in [-0.25, -0.2) is 4.39 Å². The number of rotatable bonds is 3. The Balaban J connectivity index is 2.38. The number of aryl methyl sites for hydroxylation is 1. The number of benzene rings is 2. The van der Waals surface area contributed by atoms with Crippen molar-refractivity contribution in [3.05, 3.63) is 47.8 Å². The normalized spacial score (nSPS) is 10.2. The Morgan fingerprint density at radius 1 is 1.11 bits per heavy atom. The van der Waals surface area contributed by atoms with Gasteiger partial charge < -0.3 is 15.8 Å². The molecule has 3 N–H and O–H groups in total. The minimum Gasteiger partial charge on any atom is -0.495 e. The quantitative estimate of drug-likeness (QED) is 0.815. The first kappa shape index (κ1) is 12.2. The summed E-state index contributed by atoms with van der Waals surface area (Å²) in [7, 11) is 1.59. The molecule has 2 rings (SSSR count). The van der Waals surface area contributed by atoms with Crippen molar-refractivity contribution in [1.29, 1.82) is 0 Å². The minimum atomic E-state index is -0.335. The number of nitrogen functional groups attached to an aromatic ring is 1. The molecule has 0 saturated heterocycles. The van der Waals surface area contributed by atoms with Gasteiger partial charge >= 0.3 is 0 Å². The van der Waals surface area contributed by atoms with Crippen LogP contribution in [0.4, 0.5) is 21.5 Å². The molecule has 0 saturated carbocycles. The van der Waals surface area contributed by atoms with Gasteiger partial charge in [0.2, 0.25) is 0 Å². The molecule has 4 heteroatoms. The molecule has 3 nitrogen and oxygen atoms in total. The summed E-state index contributed by atoms with van der Waals surface area (Å²) in [5.41, 5.74) is 8.65. The van der Waals surface area contributed by atoms with Crippen LogP contribution in [-0.4, -0.2) is 7.11 Å². The predicted octanol–water partition coefficient (Wildman–Crippen LogP) is 3.47. The molecular weight excluding hydrogens is 231 g/mol. The monoisotopic (exact) mass is 246 g/mol. The van der Waals surface area contributed by atoms with Crippen LogP contribution in [0.5, 0.6) is 5.75 Å². The van der Waals surface area contributed by atoms with Crippen LogP contribution in [0.25, 0.3) is 0 Å². The number of methoxy groups -OCH3 is 1. The van der Waals surface area contributed by atoms with Gasteiger partial charge in [-0.05, 0) is 42.8 Å². The van der Waals surface area contributed by atoms with Crippen LogP contribution in [0.15, 0.2) is 36.4 Å². The van der Waals surface area contributed by atoms with Crippen LogP contribution >= 0.6 is 0 Å². The number of hydrogen-bond acceptors (Lipinski definition) is 3. The summed E-state index contributed by atoms with van der Waals surface area (Å²) in [6.45, 7) is 1.97. The van der Waals surface area contributed by atoms with E-state index in [-0.39, 0.29) is 5.82 Å². The predicted molar refractivity (Wildman–Crippen MR) is 71.8 cm³/mol. The Bertz CT molecular complexity index is 570. The third-order valence-corrected chi connectivity index (χ3v) is 2.64. The van der Waals surface area contributed by atoms with Crippen molar-refractivity contribution >= 4 is 17.1 Å². The molecule has 18 heavy (non-hydrogen) atoms. The second-order valence-electron chi connectivity index (χ2n) is 4.06. The van der Waals surface area contributed by atoms with Crippen molar-refractivity contribution in [2.75, 3.05) is 18.2 Å². The Labute approximate surface area is 105 Å². The van der Waals surface area contributed by atoms with E-state index in [1.165, 1.54) is 18.2 Å². The molecule has 0 unspecified atom stereocenters. The fourth-order valence-corrected chi connectivity index (χ4v) is 1.70. The lowest BCUT2D eigenvalue weighted by molar-refractivity contribution is 0.416. The third kappa shape index (κ3) is 2.53. The summed E-state index contributed by atoms with van der Waals surface area (Å²) < 4.78 is 18.4. The lowest BCUT2D eigenvalue weighted by atomic mass is 10.2. The fourth-order valence-electron chi connectivity index (χ4n) is 1.70. The van der Waals surface area contributed by atoms with Gasteiger partial charge in [0.1, 0.15) is 11.6 Å². The van der Waals surface area contributed by atoms with E-state index in [4.69, 9.17) is 10.5 Å². The Morgan fingerprint density at radius 2 is 1.89 bits per heavy atom. The first-order valence-electron chi connectivity index (χ1n) is 5.57. The van der Waals surface area contributed by atoms with Crippen LogP contribution in [-0.2, 0) is 0 Å². The average Bonchev–Trinajstić information content (AvgIpc) is 2.34. The maximum atomic E-state index is 13.2. The molecule has 0 spiro atoms. The zero-order valence-corrected chi connectivity index (χ0v) is 10.3. The Hall–Kier alpha value is -2.23. The molecule has 0 fully saturated rings. The van der Waals surface area contributed by atoms with Crippen molar-refractivity contribution in [3.8, 4) is 5.75 Å². The maximum Gasteiger partial charge on any atom is 0.142 e. The molecule has 0 aliphatic heterocycles. The highest BCUT2D eigenvalue weighted by atomic mass is 19.1. The Kier molecular flexibility index (Phi) is 3.37. The number of nitrogens with one attached hydrogen (secondary N) is 1. The zero-order chi connectivity index (χ0) is 13.1. The highest BCUT2D eigenvalue weighted by Gasteiger charge is 2.06. The molecule has 0 aliphatic carbocycles. The van der Waals surface area contributed by atoms with Gasteiger partial charge in [-0.15, -0.1) is 0 Å². The van der Waals surface area contributed by atoms with Crippen molar-refractivity contribution in [3.63, 3.8) is 0 Å². The number of anilines is 3. The lowest BCUT2D eigenvalue weighted by Crippen LogP contribution is -1.99. The van der Waals surface area contributed by atoms with Crippen LogP contribution in [0.1, 0.15) is 5.56 Å². The van der Waals surface area contributed by atoms with Crippen molar-refractivity contribution in [1.82, 2.24) is 0 Å². The SMILES string of the molecule is COc1ccc(C)cc1Nc1cc(F)ccc1N. The van der Waals surface area contributed by atoms with Crippen molar-refractivity contribution in [2.24, 2.45) is 0 Å². The number of hydrogen-bond donors (Lipinski definition) is 2. The number of ether oxygens (including phenoxy) is 1. The van der Waals surface area contributed by atoms with E-state index >= 15 is 0 Å². The number of nitrogens with two attached hydrogens (primary N) is 1. The first-order valence-corrected chi connectivity index (χ1v) is 5.57. The smallest absolute Gasteiger partial charge is 0.142 e. The highest BCUT2D eigenvalue weighted by molar-refractivity contribution is 5.75. The third-order valence-electron chi connectivity index (χ3n) is 2.64. The van der Waals surface area contributed by atoms with Gasteiger partial charge in [0.25, 0.3) is 0 Å². The maximum absolute atomic E-state index is 13.2. The Morgan fingerprint density at radius 3 is 2.61 bits per heavy atom. The molecule has 94 valence electrons. The molecule has 2 aromatic rings. The van der Waals surface area contributed by atoms with E-state index in [9.17, 15) is 4.39 Å². The molecule has 0 atom stereocenters. The van der Waals surface area contributed by atoms with Crippen LogP contribution in [0.2, 0.25) is 0 Å². The van der Waals surface area contributed by atoms with Gasteiger partial charge in [0.15, 0.2) is 0 Å². The minimum absolute atomic E-state index is 0.335. The second-order valence-corrected chi connectivity index (χ2v) is 4.06. The molecule has 0 radical (unpaired) electrons. The van der Waals surface area contributed by atoms with Gasteiger partial charge in [0, 0.05) is 0 Å². The standard InChI is InChI=1S/C14H15FN2O/c1-9-3-6-14(18-2)13(7-9)17-12-8-10(15)4-5-11(12)16/h3-8,17H,16H2,1-2H3. The van der Waals surface area contributed by atoms with Crippen LogP contribution in [0, 0.1) is 12.7 Å². The summed E-state index contributed by atoms with van der Waals surface area (Å²) >= 11 is 0. The molecule has 0 aliphatic rings. The highest BCUT2D eigenvalue weighted by Crippen LogP contribution is 2.31. The first-order chi connectivity index (χ1) is 8.60. The van der Waals surface area contributed by atoms with E-state index in [1.807, 2.05) is 25.1 Å². The average molecular weight is 246 g/mol. The van der Waals surface area contributed by atoms with Crippen LogP contribution in [0.3, 0.4) is 0 Å². The van der Waals surface area contributed by atoms with E-state index in [0.29, 0.717) is 17.1 Å². The topological polar surface area (TPSA) is 47.3 Å². The molecule has 0 aromatic heterocycles. The largest absolute Gasteiger partial charge is 0.495 e. The molecule has 2 aromatic carbocycles. The molecule has 0 amide bonds. The van der Waals surface area contributed by atoms with Gasteiger partial charge in [-0.2, -0.15) is 0 Å². The van der Waals surface area contributed by atoms with E-state index < -0.39 is 0 Å². The fraction of sp³-hybridized carbons (Fsp3) is 0.143. The second kappa shape index (κ2) is 4.96. The van der Waals surface area contributed by atoms with Crippen LogP contribution < -0.4 is 15.8 Å². The molecular formula is C14H15FN2O. The van der Waals surface area contributed by atoms with E-state index in [2.05, 4.69) is 5.32 Å². The number of halogens is 1. The summed E-state index contributed by atoms with van der Waals surface area (Å²) in [6, 6.07) is 9.93. The van der Waals surface area contributed by atoms with Gasteiger partial charge in [0.05, 0.1) is 24.2 Å². The van der Waals surface area contributed by atoms with Crippen molar-refractivity contribution in [2.45, 2.75) is 6.92 Å². The molecule has 0 bridgehead atoms. The van der Waals surface area contributed by atoms with Gasteiger partial charge in [-0.1, -0.05) is 6.07 Å². The summed E-state index contributed by atoms with van der Waals surface area (Å²) in [4.78, 5) is 0. The molecule has 0 heterocycles. The van der Waals surface area contributed by atoms with E-state index in [1.54, 1.807) is 7.11 Å². The lowest BCUT2D eigenvalue weighted by Gasteiger charge is -2.13. The summed E-state index contributed by atoms with van der Waals surface area (Å²) in [5, 5.41) is 3.08. The van der Waals surface area contributed by atoms with Gasteiger partial charge in [-0.3, -0.25) is 0 Å². The van der Waals surface area contributed by atoms with Crippen molar-refractivity contribution < 1.29 is 9.13 Å². The zero-order valence-electron chi connectivity index (χ0n) is 10.3. The van der Waals surface area contributed by atoms with E-state index in [0.717, 1.165) is 11.3 Å². The summed E-state index contributed by atoms with van der Waals surface area (Å²) in [5.74, 6) is 0.350.